The first-order valence-electron chi connectivity index (χ1n) is 8.38. The standard InChI is InChI=1S/C20H22N2O3/c1-14-5-3-4-6-16(14)13-21-19(23)12-15-7-8-18-17(11-15)22(2)20(24)9-10-25-18/h3-8,11H,9-10,12-13H2,1-2H3,(H,21,23). The number of fused-ring (bicyclic) bond motifs is 1. The molecule has 2 aromatic rings. The average molecular weight is 338 g/mol. The molecule has 1 aliphatic rings. The summed E-state index contributed by atoms with van der Waals surface area (Å²) in [7, 11) is 1.73. The van der Waals surface area contributed by atoms with Crippen molar-refractivity contribution in [2.24, 2.45) is 0 Å². The van der Waals surface area contributed by atoms with Crippen molar-refractivity contribution in [2.45, 2.75) is 26.3 Å². The maximum Gasteiger partial charge on any atom is 0.230 e. The van der Waals surface area contributed by atoms with E-state index < -0.39 is 0 Å². The van der Waals surface area contributed by atoms with Crippen molar-refractivity contribution in [3.05, 3.63) is 59.2 Å². The van der Waals surface area contributed by atoms with E-state index in [0.29, 0.717) is 31.0 Å². The number of amides is 2. The molecule has 0 saturated carbocycles. The molecule has 5 nitrogen and oxygen atoms in total. The van der Waals surface area contributed by atoms with Gasteiger partial charge >= 0.3 is 0 Å². The van der Waals surface area contributed by atoms with Crippen LogP contribution in [0.4, 0.5) is 5.69 Å². The predicted octanol–water partition coefficient (Wildman–Crippen LogP) is 2.60. The van der Waals surface area contributed by atoms with Crippen molar-refractivity contribution in [3.8, 4) is 5.75 Å². The molecule has 0 fully saturated rings. The molecule has 0 aliphatic carbocycles. The summed E-state index contributed by atoms with van der Waals surface area (Å²) in [4.78, 5) is 25.8. The van der Waals surface area contributed by atoms with Gasteiger partial charge in [0.05, 0.1) is 25.1 Å². The second kappa shape index (κ2) is 7.38. The van der Waals surface area contributed by atoms with Crippen LogP contribution in [0.1, 0.15) is 23.1 Å². The Hall–Kier alpha value is -2.82. The Morgan fingerprint density at radius 3 is 2.84 bits per heavy atom. The fraction of sp³-hybridized carbons (Fsp3) is 0.300. The lowest BCUT2D eigenvalue weighted by atomic mass is 10.1. The minimum absolute atomic E-state index is 0.0138. The summed E-state index contributed by atoms with van der Waals surface area (Å²) in [6.07, 6.45) is 0.624. The second-order valence-corrected chi connectivity index (χ2v) is 6.23. The van der Waals surface area contributed by atoms with Gasteiger partial charge in [0.15, 0.2) is 0 Å². The number of carbonyl (C=O) groups is 2. The van der Waals surface area contributed by atoms with E-state index in [-0.39, 0.29) is 18.2 Å². The fourth-order valence-corrected chi connectivity index (χ4v) is 2.86. The summed E-state index contributed by atoms with van der Waals surface area (Å²) >= 11 is 0. The van der Waals surface area contributed by atoms with Gasteiger partial charge in [0, 0.05) is 13.6 Å². The smallest absolute Gasteiger partial charge is 0.230 e. The highest BCUT2D eigenvalue weighted by Crippen LogP contribution is 2.31. The van der Waals surface area contributed by atoms with Gasteiger partial charge in [0.25, 0.3) is 0 Å². The summed E-state index contributed by atoms with van der Waals surface area (Å²) in [5.41, 5.74) is 3.83. The molecule has 2 amide bonds. The molecule has 5 heteroatoms. The quantitative estimate of drug-likeness (QED) is 0.932. The molecule has 25 heavy (non-hydrogen) atoms. The largest absolute Gasteiger partial charge is 0.491 e. The first-order valence-corrected chi connectivity index (χ1v) is 8.38. The van der Waals surface area contributed by atoms with Gasteiger partial charge in [-0.3, -0.25) is 9.59 Å². The number of aryl methyl sites for hydroxylation is 1. The maximum atomic E-state index is 12.3. The predicted molar refractivity (Wildman–Crippen MR) is 96.7 cm³/mol. The van der Waals surface area contributed by atoms with E-state index in [1.54, 1.807) is 11.9 Å². The summed E-state index contributed by atoms with van der Waals surface area (Å²) < 4.78 is 5.60. The zero-order chi connectivity index (χ0) is 17.8. The third kappa shape index (κ3) is 3.99. The van der Waals surface area contributed by atoms with Crippen LogP contribution in [0.25, 0.3) is 0 Å². The number of hydrogen-bond acceptors (Lipinski definition) is 3. The van der Waals surface area contributed by atoms with Crippen molar-refractivity contribution in [1.82, 2.24) is 5.32 Å². The highest BCUT2D eigenvalue weighted by molar-refractivity contribution is 5.95. The van der Waals surface area contributed by atoms with E-state index in [9.17, 15) is 9.59 Å². The van der Waals surface area contributed by atoms with E-state index >= 15 is 0 Å². The zero-order valence-corrected chi connectivity index (χ0v) is 14.5. The van der Waals surface area contributed by atoms with Crippen LogP contribution >= 0.6 is 0 Å². The topological polar surface area (TPSA) is 58.6 Å². The van der Waals surface area contributed by atoms with Gasteiger partial charge in [-0.05, 0) is 35.7 Å². The summed E-state index contributed by atoms with van der Waals surface area (Å²) in [6.45, 7) is 2.92. The zero-order valence-electron chi connectivity index (χ0n) is 14.5. The minimum Gasteiger partial charge on any atom is -0.491 e. The average Bonchev–Trinajstić information content (AvgIpc) is 2.74. The molecular weight excluding hydrogens is 316 g/mol. The van der Waals surface area contributed by atoms with Crippen molar-refractivity contribution in [1.29, 1.82) is 0 Å². The van der Waals surface area contributed by atoms with Gasteiger partial charge in [-0.15, -0.1) is 0 Å². The summed E-state index contributed by atoms with van der Waals surface area (Å²) in [5.74, 6) is 0.643. The van der Waals surface area contributed by atoms with Crippen LogP contribution in [0.5, 0.6) is 5.75 Å². The molecule has 1 N–H and O–H groups in total. The lowest BCUT2D eigenvalue weighted by molar-refractivity contribution is -0.120. The Morgan fingerprint density at radius 1 is 1.24 bits per heavy atom. The molecule has 0 aromatic heterocycles. The van der Waals surface area contributed by atoms with Crippen LogP contribution in [0.15, 0.2) is 42.5 Å². The van der Waals surface area contributed by atoms with E-state index in [1.807, 2.05) is 49.4 Å². The monoisotopic (exact) mass is 338 g/mol. The van der Waals surface area contributed by atoms with Crippen molar-refractivity contribution in [3.63, 3.8) is 0 Å². The Morgan fingerprint density at radius 2 is 2.04 bits per heavy atom. The van der Waals surface area contributed by atoms with Crippen LogP contribution in [0.3, 0.4) is 0 Å². The normalized spacial score (nSPS) is 13.7. The van der Waals surface area contributed by atoms with Crippen LogP contribution in [-0.2, 0) is 22.6 Å². The summed E-state index contributed by atoms with van der Waals surface area (Å²) in [5, 5.41) is 2.95. The van der Waals surface area contributed by atoms with Crippen molar-refractivity contribution < 1.29 is 14.3 Å². The molecule has 0 spiro atoms. The Bertz CT molecular complexity index is 801. The molecule has 130 valence electrons. The van der Waals surface area contributed by atoms with E-state index in [4.69, 9.17) is 4.74 Å². The molecule has 1 aliphatic heterocycles. The maximum absolute atomic E-state index is 12.3. The SMILES string of the molecule is Cc1ccccc1CNC(=O)Cc1ccc2c(c1)N(C)C(=O)CCO2. The number of anilines is 1. The Kier molecular flexibility index (Phi) is 5.03. The van der Waals surface area contributed by atoms with Gasteiger partial charge in [-0.25, -0.2) is 0 Å². The number of ether oxygens (including phenoxy) is 1. The molecule has 0 unspecified atom stereocenters. The molecule has 0 atom stereocenters. The number of rotatable bonds is 4. The number of nitrogens with one attached hydrogen (secondary N) is 1. The van der Waals surface area contributed by atoms with Crippen LogP contribution in [0, 0.1) is 6.92 Å². The molecule has 0 radical (unpaired) electrons. The number of nitrogens with zero attached hydrogens (tertiary/aromatic N) is 1. The molecule has 1 heterocycles. The number of benzene rings is 2. The van der Waals surface area contributed by atoms with E-state index in [0.717, 1.165) is 16.7 Å². The van der Waals surface area contributed by atoms with Gasteiger partial charge < -0.3 is 15.0 Å². The van der Waals surface area contributed by atoms with Gasteiger partial charge in [0.1, 0.15) is 5.75 Å². The third-order valence-electron chi connectivity index (χ3n) is 4.43. The third-order valence-corrected chi connectivity index (χ3v) is 4.43. The minimum atomic E-state index is -0.0493. The van der Waals surface area contributed by atoms with E-state index in [1.165, 1.54) is 0 Å². The molecule has 3 rings (SSSR count). The van der Waals surface area contributed by atoms with Gasteiger partial charge in [-0.1, -0.05) is 30.3 Å². The van der Waals surface area contributed by atoms with Crippen LogP contribution in [0.2, 0.25) is 0 Å². The highest BCUT2D eigenvalue weighted by atomic mass is 16.5. The summed E-state index contributed by atoms with van der Waals surface area (Å²) in [6, 6.07) is 13.5. The molecule has 2 aromatic carbocycles. The van der Waals surface area contributed by atoms with Gasteiger partial charge in [0.2, 0.25) is 11.8 Å². The van der Waals surface area contributed by atoms with E-state index in [2.05, 4.69) is 5.32 Å². The molecular formula is C20H22N2O3. The van der Waals surface area contributed by atoms with Crippen molar-refractivity contribution >= 4 is 17.5 Å². The molecule has 0 saturated heterocycles. The Balaban J connectivity index is 1.67. The van der Waals surface area contributed by atoms with Crippen LogP contribution in [-0.4, -0.2) is 25.5 Å². The van der Waals surface area contributed by atoms with Crippen molar-refractivity contribution in [2.75, 3.05) is 18.6 Å². The first kappa shape index (κ1) is 17.0. The lowest BCUT2D eigenvalue weighted by Gasteiger charge is -2.17. The van der Waals surface area contributed by atoms with Crippen LogP contribution < -0.4 is 15.0 Å². The number of carbonyl (C=O) groups excluding carboxylic acids is 2. The lowest BCUT2D eigenvalue weighted by Crippen LogP contribution is -2.26. The first-order chi connectivity index (χ1) is 12.0. The number of hydrogen-bond donors (Lipinski definition) is 1. The molecule has 0 bridgehead atoms. The second-order valence-electron chi connectivity index (χ2n) is 6.23. The Labute approximate surface area is 147 Å². The van der Waals surface area contributed by atoms with Gasteiger partial charge in [-0.2, -0.15) is 0 Å². The highest BCUT2D eigenvalue weighted by Gasteiger charge is 2.20. The fourth-order valence-electron chi connectivity index (χ4n) is 2.86.